The van der Waals surface area contributed by atoms with Crippen molar-refractivity contribution >= 4 is 28.6 Å². The molecule has 0 heterocycles. The number of rotatable bonds is 4. The van der Waals surface area contributed by atoms with E-state index in [1.54, 1.807) is 6.92 Å². The standard InChI is InChI=1S/C7H13IO3/c1-3-4-7(2,8)5(9)6(10)11/h5,9H,3-4H2,1-2H3,(H,10,11)/t5-,7-/m0/s1. The second kappa shape index (κ2) is 4.25. The van der Waals surface area contributed by atoms with E-state index in [9.17, 15) is 9.90 Å². The lowest BCUT2D eigenvalue weighted by Crippen LogP contribution is -2.39. The van der Waals surface area contributed by atoms with E-state index >= 15 is 0 Å². The summed E-state index contributed by atoms with van der Waals surface area (Å²) in [4.78, 5) is 10.4. The van der Waals surface area contributed by atoms with E-state index in [0.717, 1.165) is 6.42 Å². The molecule has 3 nitrogen and oxygen atoms in total. The highest BCUT2D eigenvalue weighted by Gasteiger charge is 2.34. The number of hydrogen-bond donors (Lipinski definition) is 2. The largest absolute Gasteiger partial charge is 0.479 e. The Morgan fingerprint density at radius 3 is 2.45 bits per heavy atom. The summed E-state index contributed by atoms with van der Waals surface area (Å²) in [6.07, 6.45) is 0.327. The zero-order valence-corrected chi connectivity index (χ0v) is 8.83. The molecule has 4 heteroatoms. The Bertz CT molecular complexity index is 145. The SMILES string of the molecule is CCC[C@](C)(I)[C@@H](O)C(=O)O. The van der Waals surface area contributed by atoms with Crippen molar-refractivity contribution in [2.75, 3.05) is 0 Å². The number of carbonyl (C=O) groups is 1. The van der Waals surface area contributed by atoms with E-state index in [1.807, 2.05) is 29.5 Å². The molecule has 0 radical (unpaired) electrons. The molecule has 11 heavy (non-hydrogen) atoms. The van der Waals surface area contributed by atoms with E-state index < -0.39 is 15.5 Å². The molecule has 0 unspecified atom stereocenters. The molecule has 0 rings (SSSR count). The van der Waals surface area contributed by atoms with Gasteiger partial charge < -0.3 is 10.2 Å². The van der Waals surface area contributed by atoms with Gasteiger partial charge in [-0.3, -0.25) is 0 Å². The Hall–Kier alpha value is 0.160. The summed E-state index contributed by atoms with van der Waals surface area (Å²) >= 11 is 1.99. The monoisotopic (exact) mass is 272 g/mol. The molecule has 2 N–H and O–H groups in total. The number of aliphatic carboxylic acids is 1. The zero-order chi connectivity index (χ0) is 9.07. The molecule has 0 bridgehead atoms. The van der Waals surface area contributed by atoms with Gasteiger partial charge in [-0.2, -0.15) is 0 Å². The molecular weight excluding hydrogens is 259 g/mol. The average molecular weight is 272 g/mol. The van der Waals surface area contributed by atoms with Gasteiger partial charge in [-0.15, -0.1) is 0 Å². The van der Waals surface area contributed by atoms with Crippen LogP contribution in [0.1, 0.15) is 26.7 Å². The maximum Gasteiger partial charge on any atom is 0.333 e. The predicted molar refractivity (Wildman–Crippen MR) is 51.0 cm³/mol. The smallest absolute Gasteiger partial charge is 0.333 e. The fraction of sp³-hybridized carbons (Fsp3) is 0.857. The van der Waals surface area contributed by atoms with Gasteiger partial charge in [-0.25, -0.2) is 4.79 Å². The van der Waals surface area contributed by atoms with Crippen molar-refractivity contribution in [1.82, 2.24) is 0 Å². The minimum Gasteiger partial charge on any atom is -0.479 e. The normalized spacial score (nSPS) is 18.9. The highest BCUT2D eigenvalue weighted by atomic mass is 127. The van der Waals surface area contributed by atoms with Crippen LogP contribution in [0.2, 0.25) is 0 Å². The second-order valence-electron chi connectivity index (χ2n) is 2.77. The first-order valence-corrected chi connectivity index (χ1v) is 4.59. The first-order chi connectivity index (χ1) is 4.91. The molecule has 66 valence electrons. The van der Waals surface area contributed by atoms with Crippen molar-refractivity contribution in [2.45, 2.75) is 36.2 Å². The lowest BCUT2D eigenvalue weighted by molar-refractivity contribution is -0.147. The molecule has 0 aromatic rings. The number of aliphatic hydroxyl groups is 1. The summed E-state index contributed by atoms with van der Waals surface area (Å²) in [6, 6.07) is 0. The van der Waals surface area contributed by atoms with E-state index in [4.69, 9.17) is 5.11 Å². The summed E-state index contributed by atoms with van der Waals surface area (Å²) in [5.74, 6) is -1.14. The molecule has 0 saturated heterocycles. The van der Waals surface area contributed by atoms with Crippen LogP contribution >= 0.6 is 22.6 Å². The molecule has 0 fully saturated rings. The topological polar surface area (TPSA) is 57.5 Å². The number of aliphatic hydroxyl groups excluding tert-OH is 1. The molecule has 0 aliphatic carbocycles. The maximum atomic E-state index is 10.4. The Labute approximate surface area is 79.9 Å². The third-order valence-electron chi connectivity index (χ3n) is 1.54. The van der Waals surface area contributed by atoms with Gasteiger partial charge in [0, 0.05) is 0 Å². The lowest BCUT2D eigenvalue weighted by atomic mass is 9.99. The van der Waals surface area contributed by atoms with Crippen molar-refractivity contribution in [3.63, 3.8) is 0 Å². The molecule has 0 aliphatic rings. The highest BCUT2D eigenvalue weighted by molar-refractivity contribution is 14.1. The van der Waals surface area contributed by atoms with Gasteiger partial charge in [0.05, 0.1) is 3.42 Å². The van der Waals surface area contributed by atoms with Crippen molar-refractivity contribution < 1.29 is 15.0 Å². The highest BCUT2D eigenvalue weighted by Crippen LogP contribution is 2.28. The van der Waals surface area contributed by atoms with Gasteiger partial charge in [-0.05, 0) is 13.3 Å². The summed E-state index contributed by atoms with van der Waals surface area (Å²) in [6.45, 7) is 3.71. The molecule has 0 aromatic heterocycles. The molecule has 0 amide bonds. The van der Waals surface area contributed by atoms with Crippen LogP contribution in [0.3, 0.4) is 0 Å². The second-order valence-corrected chi connectivity index (χ2v) is 5.23. The minimum atomic E-state index is -1.26. The molecule has 0 aromatic carbocycles. The number of carboxylic acids is 1. The number of hydrogen-bond acceptors (Lipinski definition) is 2. The van der Waals surface area contributed by atoms with Crippen molar-refractivity contribution in [1.29, 1.82) is 0 Å². The third-order valence-corrected chi connectivity index (χ3v) is 2.67. The van der Waals surface area contributed by atoms with Crippen LogP contribution in [0, 0.1) is 0 Å². The molecule has 2 atom stereocenters. The molecular formula is C7H13IO3. The summed E-state index contributed by atoms with van der Waals surface area (Å²) < 4.78 is -0.543. The van der Waals surface area contributed by atoms with Gasteiger partial charge in [0.25, 0.3) is 0 Å². The van der Waals surface area contributed by atoms with Crippen molar-refractivity contribution in [3.05, 3.63) is 0 Å². The van der Waals surface area contributed by atoms with E-state index in [2.05, 4.69) is 0 Å². The first kappa shape index (κ1) is 11.2. The first-order valence-electron chi connectivity index (χ1n) is 3.51. The Balaban J connectivity index is 4.16. The lowest BCUT2D eigenvalue weighted by Gasteiger charge is -2.24. The van der Waals surface area contributed by atoms with Crippen LogP contribution in [0.25, 0.3) is 0 Å². The van der Waals surface area contributed by atoms with Gasteiger partial charge in [0.2, 0.25) is 0 Å². The van der Waals surface area contributed by atoms with Gasteiger partial charge in [-0.1, -0.05) is 35.9 Å². The quantitative estimate of drug-likeness (QED) is 0.601. The van der Waals surface area contributed by atoms with Gasteiger partial charge in [0.15, 0.2) is 6.10 Å². The van der Waals surface area contributed by atoms with E-state index in [-0.39, 0.29) is 0 Å². The van der Waals surface area contributed by atoms with E-state index in [0.29, 0.717) is 6.42 Å². The number of carboxylic acid groups (broad SMARTS) is 1. The Morgan fingerprint density at radius 2 is 2.18 bits per heavy atom. The fourth-order valence-electron chi connectivity index (χ4n) is 0.883. The molecule has 0 spiro atoms. The van der Waals surface area contributed by atoms with Gasteiger partial charge >= 0.3 is 5.97 Å². The fourth-order valence-corrected chi connectivity index (χ4v) is 1.69. The van der Waals surface area contributed by atoms with Crippen LogP contribution in [0.15, 0.2) is 0 Å². The van der Waals surface area contributed by atoms with Gasteiger partial charge in [0.1, 0.15) is 0 Å². The van der Waals surface area contributed by atoms with Crippen molar-refractivity contribution in [2.24, 2.45) is 0 Å². The van der Waals surface area contributed by atoms with Crippen LogP contribution < -0.4 is 0 Å². The average Bonchev–Trinajstić information content (AvgIpc) is 1.86. The molecule has 0 saturated carbocycles. The maximum absolute atomic E-state index is 10.4. The number of alkyl halides is 1. The summed E-state index contributed by atoms with van der Waals surface area (Å²) in [7, 11) is 0. The van der Waals surface area contributed by atoms with Crippen molar-refractivity contribution in [3.8, 4) is 0 Å². The van der Waals surface area contributed by atoms with E-state index in [1.165, 1.54) is 0 Å². The van der Waals surface area contributed by atoms with Crippen LogP contribution in [0.5, 0.6) is 0 Å². The Kier molecular flexibility index (Phi) is 4.31. The predicted octanol–water partition coefficient (Wildman–Crippen LogP) is 1.43. The zero-order valence-electron chi connectivity index (χ0n) is 6.67. The third kappa shape index (κ3) is 3.37. The summed E-state index contributed by atoms with van der Waals surface area (Å²) in [5, 5.41) is 17.7. The summed E-state index contributed by atoms with van der Waals surface area (Å²) in [5.41, 5.74) is 0. The molecule has 0 aliphatic heterocycles. The van der Waals surface area contributed by atoms with Crippen LogP contribution in [-0.2, 0) is 4.79 Å². The Morgan fingerprint density at radius 1 is 1.73 bits per heavy atom. The van der Waals surface area contributed by atoms with Crippen LogP contribution in [0.4, 0.5) is 0 Å². The minimum absolute atomic E-state index is 0.543. The van der Waals surface area contributed by atoms with Crippen LogP contribution in [-0.4, -0.2) is 25.7 Å². The number of halogens is 1.